The molecule has 2 heterocycles. The number of rotatable bonds is 11. The van der Waals surface area contributed by atoms with E-state index in [2.05, 4.69) is 20.8 Å². The number of amides is 1. The summed E-state index contributed by atoms with van der Waals surface area (Å²) in [6.07, 6.45) is 4.52. The third-order valence-electron chi connectivity index (χ3n) is 5.99. The summed E-state index contributed by atoms with van der Waals surface area (Å²) in [5, 5.41) is 14.0. The lowest BCUT2D eigenvalue weighted by Crippen LogP contribution is -2.29. The van der Waals surface area contributed by atoms with Gasteiger partial charge in [-0.2, -0.15) is 5.10 Å². The quantitative estimate of drug-likeness (QED) is 0.203. The van der Waals surface area contributed by atoms with Crippen LogP contribution >= 0.6 is 0 Å². The summed E-state index contributed by atoms with van der Waals surface area (Å²) in [6, 6.07) is 21.3. The number of hydrogen-bond donors (Lipinski definition) is 3. The van der Waals surface area contributed by atoms with Gasteiger partial charge in [0.1, 0.15) is 17.3 Å². The highest BCUT2D eigenvalue weighted by atomic mass is 16.5. The van der Waals surface area contributed by atoms with Crippen molar-refractivity contribution in [2.45, 2.75) is 20.3 Å². The zero-order chi connectivity index (χ0) is 27.0. The summed E-state index contributed by atoms with van der Waals surface area (Å²) in [4.78, 5) is 21.7. The monoisotopic (exact) mass is 522 g/mol. The highest BCUT2D eigenvalue weighted by Crippen LogP contribution is 2.32. The van der Waals surface area contributed by atoms with Crippen molar-refractivity contribution < 1.29 is 14.3 Å². The molecular formula is C30H30N6O3. The summed E-state index contributed by atoms with van der Waals surface area (Å²) in [6.45, 7) is 5.09. The van der Waals surface area contributed by atoms with Gasteiger partial charge >= 0.3 is 0 Å². The van der Waals surface area contributed by atoms with E-state index in [0.29, 0.717) is 30.5 Å². The standard InChI is InChI=1S/C30H30N6O3/c1-3-14-31-28(37)19-39-24-7-5-6-21(15-24)29-35-27-13-12-25(38-4-2)16-26(27)30(36-29)34-23-10-8-20(9-11-23)22-17-32-33-18-22/h5-13,15-18H,3-4,14,19H2,1-2H3,(H,31,37)(H,32,33)(H,34,35,36). The van der Waals surface area contributed by atoms with Crippen molar-refractivity contribution in [2.24, 2.45) is 0 Å². The summed E-state index contributed by atoms with van der Waals surface area (Å²) >= 11 is 0. The lowest BCUT2D eigenvalue weighted by atomic mass is 10.1. The van der Waals surface area contributed by atoms with Gasteiger partial charge in [0.2, 0.25) is 0 Å². The fourth-order valence-electron chi connectivity index (χ4n) is 4.07. The number of fused-ring (bicyclic) bond motifs is 1. The molecule has 0 aliphatic carbocycles. The summed E-state index contributed by atoms with van der Waals surface area (Å²) in [7, 11) is 0. The first-order valence-corrected chi connectivity index (χ1v) is 12.9. The third-order valence-corrected chi connectivity index (χ3v) is 5.99. The van der Waals surface area contributed by atoms with E-state index in [9.17, 15) is 4.79 Å². The summed E-state index contributed by atoms with van der Waals surface area (Å²) in [5.41, 5.74) is 4.50. The Hall–Kier alpha value is -4.92. The predicted octanol–water partition coefficient (Wildman–Crippen LogP) is 5.73. The Kier molecular flexibility index (Phi) is 7.97. The molecule has 0 aliphatic heterocycles. The molecule has 0 atom stereocenters. The summed E-state index contributed by atoms with van der Waals surface area (Å²) in [5.74, 6) is 2.35. The second-order valence-electron chi connectivity index (χ2n) is 8.86. The Morgan fingerprint density at radius 3 is 2.51 bits per heavy atom. The van der Waals surface area contributed by atoms with Crippen LogP contribution in [-0.2, 0) is 4.79 Å². The van der Waals surface area contributed by atoms with E-state index in [1.807, 2.05) is 86.8 Å². The molecule has 0 aliphatic rings. The van der Waals surface area contributed by atoms with E-state index in [4.69, 9.17) is 19.4 Å². The molecule has 3 aromatic carbocycles. The number of nitrogens with one attached hydrogen (secondary N) is 3. The van der Waals surface area contributed by atoms with Gasteiger partial charge in [-0.1, -0.05) is 31.2 Å². The Labute approximate surface area is 226 Å². The Morgan fingerprint density at radius 1 is 0.897 bits per heavy atom. The van der Waals surface area contributed by atoms with Crippen LogP contribution in [0, 0.1) is 0 Å². The number of H-pyrrole nitrogens is 1. The molecule has 3 N–H and O–H groups in total. The van der Waals surface area contributed by atoms with Crippen molar-refractivity contribution in [2.75, 3.05) is 25.1 Å². The van der Waals surface area contributed by atoms with Crippen LogP contribution in [-0.4, -0.2) is 45.8 Å². The number of carbonyl (C=O) groups is 1. The fraction of sp³-hybridized carbons (Fsp3) is 0.200. The van der Waals surface area contributed by atoms with E-state index < -0.39 is 0 Å². The number of carbonyl (C=O) groups excluding carboxylic acids is 1. The number of ether oxygens (including phenoxy) is 2. The zero-order valence-electron chi connectivity index (χ0n) is 21.9. The Balaban J connectivity index is 1.46. The second kappa shape index (κ2) is 12.1. The average molecular weight is 523 g/mol. The first-order chi connectivity index (χ1) is 19.1. The normalized spacial score (nSPS) is 10.8. The van der Waals surface area contributed by atoms with E-state index in [1.54, 1.807) is 6.20 Å². The van der Waals surface area contributed by atoms with Gasteiger partial charge in [0.15, 0.2) is 12.4 Å². The van der Waals surface area contributed by atoms with Crippen LogP contribution in [0.15, 0.2) is 79.1 Å². The molecule has 0 spiro atoms. The molecular weight excluding hydrogens is 492 g/mol. The molecule has 0 unspecified atom stereocenters. The van der Waals surface area contributed by atoms with E-state index in [-0.39, 0.29) is 12.5 Å². The molecule has 39 heavy (non-hydrogen) atoms. The molecule has 1 amide bonds. The third kappa shape index (κ3) is 6.32. The molecule has 0 bridgehead atoms. The van der Waals surface area contributed by atoms with Crippen molar-refractivity contribution in [3.8, 4) is 34.0 Å². The molecule has 0 saturated carbocycles. The Bertz CT molecular complexity index is 1550. The molecule has 9 heteroatoms. The topological polar surface area (TPSA) is 114 Å². The van der Waals surface area contributed by atoms with E-state index >= 15 is 0 Å². The molecule has 5 aromatic rings. The first kappa shape index (κ1) is 25.7. The van der Waals surface area contributed by atoms with Gasteiger partial charge in [0.25, 0.3) is 5.91 Å². The molecule has 0 radical (unpaired) electrons. The SMILES string of the molecule is CCCNC(=O)COc1cccc(-c2nc(Nc3ccc(-c4cn[nH]c4)cc3)c3cc(OCC)ccc3n2)c1. The lowest BCUT2D eigenvalue weighted by Gasteiger charge is -2.13. The van der Waals surface area contributed by atoms with Gasteiger partial charge in [0.05, 0.1) is 18.3 Å². The highest BCUT2D eigenvalue weighted by molar-refractivity contribution is 5.93. The van der Waals surface area contributed by atoms with Crippen LogP contribution in [0.5, 0.6) is 11.5 Å². The smallest absolute Gasteiger partial charge is 0.257 e. The van der Waals surface area contributed by atoms with Gasteiger partial charge in [-0.25, -0.2) is 9.97 Å². The second-order valence-corrected chi connectivity index (χ2v) is 8.86. The minimum atomic E-state index is -0.153. The maximum absolute atomic E-state index is 12.0. The number of aromatic nitrogens is 4. The van der Waals surface area contributed by atoms with Crippen molar-refractivity contribution in [1.29, 1.82) is 0 Å². The number of aromatic amines is 1. The van der Waals surface area contributed by atoms with Gasteiger partial charge in [-0.3, -0.25) is 9.89 Å². The van der Waals surface area contributed by atoms with Crippen molar-refractivity contribution in [3.05, 3.63) is 79.1 Å². The van der Waals surface area contributed by atoms with Crippen LogP contribution in [0.3, 0.4) is 0 Å². The first-order valence-electron chi connectivity index (χ1n) is 12.9. The molecule has 0 fully saturated rings. The van der Waals surface area contributed by atoms with Crippen molar-refractivity contribution in [1.82, 2.24) is 25.5 Å². The van der Waals surface area contributed by atoms with Crippen LogP contribution in [0.1, 0.15) is 20.3 Å². The van der Waals surface area contributed by atoms with E-state index in [1.165, 1.54) is 0 Å². The summed E-state index contributed by atoms with van der Waals surface area (Å²) < 4.78 is 11.5. The van der Waals surface area contributed by atoms with Crippen LogP contribution in [0.4, 0.5) is 11.5 Å². The van der Waals surface area contributed by atoms with Crippen molar-refractivity contribution in [3.63, 3.8) is 0 Å². The maximum atomic E-state index is 12.0. The number of benzene rings is 3. The number of hydrogen-bond acceptors (Lipinski definition) is 7. The minimum absolute atomic E-state index is 0.0517. The van der Waals surface area contributed by atoms with Gasteiger partial charge in [-0.05, 0) is 61.4 Å². The van der Waals surface area contributed by atoms with Crippen LogP contribution < -0.4 is 20.1 Å². The molecule has 5 rings (SSSR count). The minimum Gasteiger partial charge on any atom is -0.494 e. The predicted molar refractivity (Wildman–Crippen MR) is 152 cm³/mol. The lowest BCUT2D eigenvalue weighted by molar-refractivity contribution is -0.123. The van der Waals surface area contributed by atoms with Crippen molar-refractivity contribution >= 4 is 28.3 Å². The molecule has 9 nitrogen and oxygen atoms in total. The molecule has 0 saturated heterocycles. The van der Waals surface area contributed by atoms with Gasteiger partial charge in [0, 0.05) is 34.9 Å². The average Bonchev–Trinajstić information content (AvgIpc) is 3.51. The number of nitrogens with zero attached hydrogens (tertiary/aromatic N) is 3. The number of anilines is 2. The highest BCUT2D eigenvalue weighted by Gasteiger charge is 2.13. The van der Waals surface area contributed by atoms with Gasteiger partial charge in [-0.15, -0.1) is 0 Å². The Morgan fingerprint density at radius 2 is 1.74 bits per heavy atom. The fourth-order valence-corrected chi connectivity index (χ4v) is 4.07. The van der Waals surface area contributed by atoms with Crippen LogP contribution in [0.2, 0.25) is 0 Å². The van der Waals surface area contributed by atoms with Gasteiger partial charge < -0.3 is 20.1 Å². The zero-order valence-corrected chi connectivity index (χ0v) is 21.9. The maximum Gasteiger partial charge on any atom is 0.257 e. The largest absolute Gasteiger partial charge is 0.494 e. The van der Waals surface area contributed by atoms with E-state index in [0.717, 1.165) is 45.5 Å². The molecule has 198 valence electrons. The molecule has 2 aromatic heterocycles. The van der Waals surface area contributed by atoms with Crippen LogP contribution in [0.25, 0.3) is 33.4 Å².